The van der Waals surface area contributed by atoms with Crippen LogP contribution in [0.1, 0.15) is 23.9 Å². The van der Waals surface area contributed by atoms with Crippen molar-refractivity contribution in [2.24, 2.45) is 0 Å². The number of hydrogen-bond acceptors (Lipinski definition) is 4. The van der Waals surface area contributed by atoms with Gasteiger partial charge in [0.05, 0.1) is 12.2 Å². The molecule has 1 saturated heterocycles. The van der Waals surface area contributed by atoms with Crippen LogP contribution in [0, 0.1) is 12.7 Å². The number of benzene rings is 1. The van der Waals surface area contributed by atoms with Crippen LogP contribution in [0.15, 0.2) is 40.9 Å². The van der Waals surface area contributed by atoms with E-state index in [0.29, 0.717) is 19.6 Å². The average molecular weight is 343 g/mol. The standard InChI is InChI=1S/C19H22FN3O2/c1-14(16-3-5-17(20)6-4-16)11-19(24)23-9-7-22(8-10-23)13-18-12-15(2)21-25-18/h3-6,11-12H,7-10,13H2,1-2H3/b14-11+. The van der Waals surface area contributed by atoms with Crippen molar-refractivity contribution in [3.05, 3.63) is 59.2 Å². The highest BCUT2D eigenvalue weighted by Gasteiger charge is 2.21. The number of halogens is 1. The first-order chi connectivity index (χ1) is 12.0. The van der Waals surface area contributed by atoms with E-state index in [4.69, 9.17) is 4.52 Å². The predicted molar refractivity (Wildman–Crippen MR) is 93.1 cm³/mol. The third-order valence-electron chi connectivity index (χ3n) is 4.38. The lowest BCUT2D eigenvalue weighted by Gasteiger charge is -2.33. The molecule has 0 atom stereocenters. The van der Waals surface area contributed by atoms with Crippen LogP contribution in [0.2, 0.25) is 0 Å². The summed E-state index contributed by atoms with van der Waals surface area (Å²) in [6.45, 7) is 7.45. The maximum atomic E-state index is 13.0. The van der Waals surface area contributed by atoms with Crippen LogP contribution in [0.25, 0.3) is 5.57 Å². The Morgan fingerprint density at radius 3 is 2.52 bits per heavy atom. The zero-order chi connectivity index (χ0) is 17.8. The monoisotopic (exact) mass is 343 g/mol. The van der Waals surface area contributed by atoms with Crippen LogP contribution in [0.3, 0.4) is 0 Å². The second kappa shape index (κ2) is 7.61. The maximum Gasteiger partial charge on any atom is 0.246 e. The van der Waals surface area contributed by atoms with Gasteiger partial charge in [-0.25, -0.2) is 4.39 Å². The highest BCUT2D eigenvalue weighted by Crippen LogP contribution is 2.16. The molecule has 2 aromatic rings. The second-order valence-corrected chi connectivity index (χ2v) is 6.37. The zero-order valence-electron chi connectivity index (χ0n) is 14.5. The second-order valence-electron chi connectivity index (χ2n) is 6.37. The largest absolute Gasteiger partial charge is 0.360 e. The summed E-state index contributed by atoms with van der Waals surface area (Å²) in [6.07, 6.45) is 1.63. The number of nitrogens with zero attached hydrogens (tertiary/aromatic N) is 3. The van der Waals surface area contributed by atoms with Crippen molar-refractivity contribution in [2.75, 3.05) is 26.2 Å². The van der Waals surface area contributed by atoms with Gasteiger partial charge in [0.1, 0.15) is 5.82 Å². The number of carbonyl (C=O) groups excluding carboxylic acids is 1. The number of amides is 1. The van der Waals surface area contributed by atoms with E-state index in [2.05, 4.69) is 10.1 Å². The molecule has 3 rings (SSSR count). The first kappa shape index (κ1) is 17.4. The van der Waals surface area contributed by atoms with Crippen molar-refractivity contribution in [1.29, 1.82) is 0 Å². The fourth-order valence-electron chi connectivity index (χ4n) is 2.91. The highest BCUT2D eigenvalue weighted by atomic mass is 19.1. The van der Waals surface area contributed by atoms with Crippen LogP contribution in [-0.4, -0.2) is 47.0 Å². The topological polar surface area (TPSA) is 49.6 Å². The SMILES string of the molecule is C/C(=C\C(=O)N1CCN(Cc2cc(C)no2)CC1)c1ccc(F)cc1. The number of allylic oxidation sites excluding steroid dienone is 1. The van der Waals surface area contributed by atoms with E-state index in [-0.39, 0.29) is 11.7 Å². The Labute approximate surface area is 146 Å². The Morgan fingerprint density at radius 1 is 1.24 bits per heavy atom. The van der Waals surface area contributed by atoms with E-state index in [1.54, 1.807) is 18.2 Å². The maximum absolute atomic E-state index is 13.0. The van der Waals surface area contributed by atoms with Gasteiger partial charge in [-0.1, -0.05) is 17.3 Å². The molecule has 0 saturated carbocycles. The van der Waals surface area contributed by atoms with Gasteiger partial charge < -0.3 is 9.42 Å². The molecule has 132 valence electrons. The summed E-state index contributed by atoms with van der Waals surface area (Å²) in [6, 6.07) is 8.12. The minimum absolute atomic E-state index is 0.00279. The van der Waals surface area contributed by atoms with Crippen molar-refractivity contribution in [2.45, 2.75) is 20.4 Å². The molecular weight excluding hydrogens is 321 g/mol. The molecule has 1 aromatic heterocycles. The van der Waals surface area contributed by atoms with E-state index in [1.807, 2.05) is 24.8 Å². The third kappa shape index (κ3) is 4.54. The van der Waals surface area contributed by atoms with E-state index in [1.165, 1.54) is 12.1 Å². The van der Waals surface area contributed by atoms with Crippen LogP contribution in [0.5, 0.6) is 0 Å². The molecule has 1 aliphatic heterocycles. The molecule has 0 radical (unpaired) electrons. The Hall–Kier alpha value is -2.47. The Bertz CT molecular complexity index is 759. The average Bonchev–Trinajstić information content (AvgIpc) is 3.01. The summed E-state index contributed by atoms with van der Waals surface area (Å²) < 4.78 is 18.2. The van der Waals surface area contributed by atoms with Gasteiger partial charge in [-0.15, -0.1) is 0 Å². The summed E-state index contributed by atoms with van der Waals surface area (Å²) in [4.78, 5) is 16.5. The Balaban J connectivity index is 1.54. The summed E-state index contributed by atoms with van der Waals surface area (Å²) >= 11 is 0. The fraction of sp³-hybridized carbons (Fsp3) is 0.368. The quantitative estimate of drug-likeness (QED) is 0.801. The number of aryl methyl sites for hydroxylation is 1. The lowest BCUT2D eigenvalue weighted by Crippen LogP contribution is -2.47. The van der Waals surface area contributed by atoms with Crippen molar-refractivity contribution >= 4 is 11.5 Å². The number of piperazine rings is 1. The minimum Gasteiger partial charge on any atom is -0.360 e. The van der Waals surface area contributed by atoms with Gasteiger partial charge in [0.2, 0.25) is 5.91 Å². The first-order valence-corrected chi connectivity index (χ1v) is 8.39. The normalized spacial score (nSPS) is 16.3. The zero-order valence-corrected chi connectivity index (χ0v) is 14.5. The van der Waals surface area contributed by atoms with Gasteiger partial charge >= 0.3 is 0 Å². The molecule has 2 heterocycles. The smallest absolute Gasteiger partial charge is 0.246 e. The molecule has 0 aliphatic carbocycles. The number of aromatic nitrogens is 1. The number of rotatable bonds is 4. The van der Waals surface area contributed by atoms with Crippen LogP contribution < -0.4 is 0 Å². The Kier molecular flexibility index (Phi) is 5.28. The van der Waals surface area contributed by atoms with Crippen molar-refractivity contribution in [3.8, 4) is 0 Å². The first-order valence-electron chi connectivity index (χ1n) is 8.39. The summed E-state index contributed by atoms with van der Waals surface area (Å²) in [5, 5.41) is 3.89. The van der Waals surface area contributed by atoms with Crippen LogP contribution in [-0.2, 0) is 11.3 Å². The molecule has 1 aliphatic rings. The molecule has 0 N–H and O–H groups in total. The van der Waals surface area contributed by atoms with Gasteiger partial charge in [-0.3, -0.25) is 9.69 Å². The van der Waals surface area contributed by atoms with E-state index >= 15 is 0 Å². The molecule has 0 spiro atoms. The summed E-state index contributed by atoms with van der Waals surface area (Å²) in [5.74, 6) is 0.572. The molecule has 5 nitrogen and oxygen atoms in total. The minimum atomic E-state index is -0.277. The molecule has 0 bridgehead atoms. The predicted octanol–water partition coefficient (Wildman–Crippen LogP) is 2.87. The number of hydrogen-bond donors (Lipinski definition) is 0. The molecule has 1 fully saturated rings. The van der Waals surface area contributed by atoms with E-state index in [9.17, 15) is 9.18 Å². The van der Waals surface area contributed by atoms with E-state index in [0.717, 1.165) is 35.7 Å². The number of carbonyl (C=O) groups is 1. The fourth-order valence-corrected chi connectivity index (χ4v) is 2.91. The van der Waals surface area contributed by atoms with Crippen molar-refractivity contribution in [3.63, 3.8) is 0 Å². The van der Waals surface area contributed by atoms with Crippen LogP contribution in [0.4, 0.5) is 4.39 Å². The molecule has 6 heteroatoms. The van der Waals surface area contributed by atoms with Gasteiger partial charge in [0.15, 0.2) is 5.76 Å². The van der Waals surface area contributed by atoms with Gasteiger partial charge in [-0.2, -0.15) is 0 Å². The van der Waals surface area contributed by atoms with Crippen LogP contribution >= 0.6 is 0 Å². The van der Waals surface area contributed by atoms with Crippen molar-refractivity contribution < 1.29 is 13.7 Å². The molecule has 1 aromatic carbocycles. The highest BCUT2D eigenvalue weighted by molar-refractivity contribution is 5.94. The summed E-state index contributed by atoms with van der Waals surface area (Å²) in [5.41, 5.74) is 2.57. The molecule has 0 unspecified atom stereocenters. The van der Waals surface area contributed by atoms with E-state index < -0.39 is 0 Å². The summed E-state index contributed by atoms with van der Waals surface area (Å²) in [7, 11) is 0. The molecular formula is C19H22FN3O2. The van der Waals surface area contributed by atoms with Gasteiger partial charge in [-0.05, 0) is 37.1 Å². The van der Waals surface area contributed by atoms with Gasteiger partial charge in [0, 0.05) is 38.3 Å². The molecule has 25 heavy (non-hydrogen) atoms. The van der Waals surface area contributed by atoms with Gasteiger partial charge in [0.25, 0.3) is 0 Å². The lowest BCUT2D eigenvalue weighted by atomic mass is 10.1. The lowest BCUT2D eigenvalue weighted by molar-refractivity contribution is -0.127. The molecule has 1 amide bonds. The Morgan fingerprint density at radius 2 is 1.92 bits per heavy atom. The third-order valence-corrected chi connectivity index (χ3v) is 4.38. The van der Waals surface area contributed by atoms with Crippen molar-refractivity contribution in [1.82, 2.24) is 15.0 Å².